The summed E-state index contributed by atoms with van der Waals surface area (Å²) in [5, 5.41) is 5.82. The van der Waals surface area contributed by atoms with Crippen LogP contribution in [0.2, 0.25) is 0 Å². The lowest BCUT2D eigenvalue weighted by molar-refractivity contribution is 0.241. The average molecular weight is 312 g/mol. The van der Waals surface area contributed by atoms with Gasteiger partial charge in [0.05, 0.1) is 12.1 Å². The zero-order chi connectivity index (χ0) is 16.8. The molecule has 1 atom stereocenters. The summed E-state index contributed by atoms with van der Waals surface area (Å²) in [5.74, 6) is 0.811. The number of hydrogen-bond acceptors (Lipinski definition) is 2. The zero-order valence-electron chi connectivity index (χ0n) is 14.1. The molecular formula is C19H24N2O2. The third-order valence-electron chi connectivity index (χ3n) is 3.47. The number of para-hydroxylation sites is 1. The Morgan fingerprint density at radius 1 is 1.04 bits per heavy atom. The van der Waals surface area contributed by atoms with Gasteiger partial charge in [0.15, 0.2) is 0 Å². The molecule has 0 aromatic heterocycles. The van der Waals surface area contributed by atoms with Crippen molar-refractivity contribution in [1.82, 2.24) is 5.32 Å². The number of ether oxygens (including phenoxy) is 1. The minimum absolute atomic E-state index is 0.116. The van der Waals surface area contributed by atoms with Crippen LogP contribution in [-0.2, 0) is 0 Å². The van der Waals surface area contributed by atoms with Gasteiger partial charge in [0.2, 0.25) is 0 Å². The number of benzene rings is 2. The van der Waals surface area contributed by atoms with Crippen LogP contribution in [0.15, 0.2) is 48.5 Å². The first-order chi connectivity index (χ1) is 11.0. The van der Waals surface area contributed by atoms with Crippen LogP contribution in [0.1, 0.15) is 37.9 Å². The summed E-state index contributed by atoms with van der Waals surface area (Å²) in [6.07, 6.45) is 0.123. The number of rotatable bonds is 5. The molecule has 0 fully saturated rings. The van der Waals surface area contributed by atoms with Crippen LogP contribution in [0.5, 0.6) is 5.75 Å². The van der Waals surface area contributed by atoms with Crippen molar-refractivity contribution in [1.29, 1.82) is 0 Å². The topological polar surface area (TPSA) is 50.4 Å². The number of urea groups is 1. The maximum Gasteiger partial charge on any atom is 0.319 e. The highest BCUT2D eigenvalue weighted by molar-refractivity contribution is 5.90. The predicted molar refractivity (Wildman–Crippen MR) is 94.0 cm³/mol. The molecule has 2 aromatic rings. The molecule has 0 spiro atoms. The van der Waals surface area contributed by atoms with Gasteiger partial charge in [0.1, 0.15) is 5.75 Å². The molecule has 2 N–H and O–H groups in total. The van der Waals surface area contributed by atoms with Gasteiger partial charge in [-0.05, 0) is 57.0 Å². The third kappa shape index (κ3) is 5.02. The van der Waals surface area contributed by atoms with Gasteiger partial charge in [0, 0.05) is 5.69 Å². The number of anilines is 1. The van der Waals surface area contributed by atoms with Crippen molar-refractivity contribution in [2.24, 2.45) is 0 Å². The molecule has 4 heteroatoms. The largest absolute Gasteiger partial charge is 0.491 e. The molecule has 23 heavy (non-hydrogen) atoms. The molecule has 0 bridgehead atoms. The molecule has 0 radical (unpaired) electrons. The van der Waals surface area contributed by atoms with Crippen molar-refractivity contribution >= 4 is 11.7 Å². The van der Waals surface area contributed by atoms with E-state index < -0.39 is 0 Å². The van der Waals surface area contributed by atoms with Crippen molar-refractivity contribution in [3.8, 4) is 5.75 Å². The van der Waals surface area contributed by atoms with Crippen LogP contribution in [0.4, 0.5) is 10.5 Å². The SMILES string of the molecule is Cc1ccccc1NC(=O)NC(C)c1cccc(OC(C)C)c1. The number of amides is 2. The molecule has 0 aliphatic heterocycles. The normalized spacial score (nSPS) is 11.9. The molecule has 2 rings (SSSR count). The second-order valence-corrected chi connectivity index (χ2v) is 5.87. The van der Waals surface area contributed by atoms with Crippen LogP contribution in [0, 0.1) is 6.92 Å². The third-order valence-corrected chi connectivity index (χ3v) is 3.47. The summed E-state index contributed by atoms with van der Waals surface area (Å²) < 4.78 is 5.69. The highest BCUT2D eigenvalue weighted by Gasteiger charge is 2.11. The first-order valence-electron chi connectivity index (χ1n) is 7.85. The first kappa shape index (κ1) is 16.9. The Hall–Kier alpha value is -2.49. The Morgan fingerprint density at radius 3 is 2.48 bits per heavy atom. The molecular weight excluding hydrogens is 288 g/mol. The van der Waals surface area contributed by atoms with E-state index in [1.165, 1.54) is 0 Å². The Labute approximate surface area is 137 Å². The fraction of sp³-hybridized carbons (Fsp3) is 0.316. The molecule has 1 unspecified atom stereocenters. The zero-order valence-corrected chi connectivity index (χ0v) is 14.1. The molecule has 122 valence electrons. The number of nitrogens with one attached hydrogen (secondary N) is 2. The number of carbonyl (C=O) groups is 1. The van der Waals surface area contributed by atoms with Crippen LogP contribution in [-0.4, -0.2) is 12.1 Å². The summed E-state index contributed by atoms with van der Waals surface area (Å²) in [6.45, 7) is 7.89. The number of aryl methyl sites for hydroxylation is 1. The average Bonchev–Trinajstić information content (AvgIpc) is 2.49. The predicted octanol–water partition coefficient (Wildman–Crippen LogP) is 4.66. The fourth-order valence-corrected chi connectivity index (χ4v) is 2.28. The summed E-state index contributed by atoms with van der Waals surface area (Å²) in [4.78, 5) is 12.2. The summed E-state index contributed by atoms with van der Waals surface area (Å²) in [7, 11) is 0. The van der Waals surface area contributed by atoms with Gasteiger partial charge in [-0.2, -0.15) is 0 Å². The van der Waals surface area contributed by atoms with Crippen molar-refractivity contribution in [2.75, 3.05) is 5.32 Å². The standard InChI is InChI=1S/C19H24N2O2/c1-13(2)23-17-10-7-9-16(12-17)15(4)20-19(22)21-18-11-6-5-8-14(18)3/h5-13,15H,1-4H3,(H2,20,21,22). The Kier molecular flexibility index (Phi) is 5.63. The monoisotopic (exact) mass is 312 g/mol. The van der Waals surface area contributed by atoms with E-state index in [4.69, 9.17) is 4.74 Å². The maximum absolute atomic E-state index is 12.2. The fourth-order valence-electron chi connectivity index (χ4n) is 2.28. The molecule has 2 amide bonds. The number of carbonyl (C=O) groups excluding carboxylic acids is 1. The van der Waals surface area contributed by atoms with Crippen LogP contribution in [0.25, 0.3) is 0 Å². The molecule has 4 nitrogen and oxygen atoms in total. The van der Waals surface area contributed by atoms with Crippen molar-refractivity contribution < 1.29 is 9.53 Å². The van der Waals surface area contributed by atoms with E-state index in [9.17, 15) is 4.79 Å². The van der Waals surface area contributed by atoms with Gasteiger partial charge < -0.3 is 15.4 Å². The van der Waals surface area contributed by atoms with Gasteiger partial charge in [-0.15, -0.1) is 0 Å². The minimum atomic E-state index is -0.220. The number of hydrogen-bond donors (Lipinski definition) is 2. The van der Waals surface area contributed by atoms with Crippen LogP contribution < -0.4 is 15.4 Å². The lowest BCUT2D eigenvalue weighted by atomic mass is 10.1. The van der Waals surface area contributed by atoms with Gasteiger partial charge in [-0.25, -0.2) is 4.79 Å². The second kappa shape index (κ2) is 7.68. The second-order valence-electron chi connectivity index (χ2n) is 5.87. The summed E-state index contributed by atoms with van der Waals surface area (Å²) >= 11 is 0. The van der Waals surface area contributed by atoms with Crippen LogP contribution >= 0.6 is 0 Å². The smallest absolute Gasteiger partial charge is 0.319 e. The van der Waals surface area contributed by atoms with Crippen molar-refractivity contribution in [3.63, 3.8) is 0 Å². The van der Waals surface area contributed by atoms with E-state index in [1.54, 1.807) is 0 Å². The van der Waals surface area contributed by atoms with Gasteiger partial charge in [-0.1, -0.05) is 30.3 Å². The van der Waals surface area contributed by atoms with Crippen LogP contribution in [0.3, 0.4) is 0 Å². The maximum atomic E-state index is 12.2. The molecule has 0 aliphatic rings. The van der Waals surface area contributed by atoms with E-state index in [0.717, 1.165) is 22.6 Å². The Bertz CT molecular complexity index is 668. The van der Waals surface area contributed by atoms with Gasteiger partial charge in [-0.3, -0.25) is 0 Å². The van der Waals surface area contributed by atoms with Crippen molar-refractivity contribution in [2.45, 2.75) is 39.8 Å². The minimum Gasteiger partial charge on any atom is -0.491 e. The van der Waals surface area contributed by atoms with Gasteiger partial charge in [0.25, 0.3) is 0 Å². The molecule has 2 aromatic carbocycles. The summed E-state index contributed by atoms with van der Waals surface area (Å²) in [5.41, 5.74) is 2.85. The van der Waals surface area contributed by atoms with E-state index in [1.807, 2.05) is 76.2 Å². The molecule has 0 heterocycles. The van der Waals surface area contributed by atoms with E-state index >= 15 is 0 Å². The van der Waals surface area contributed by atoms with E-state index in [0.29, 0.717) is 0 Å². The highest BCUT2D eigenvalue weighted by atomic mass is 16.5. The Morgan fingerprint density at radius 2 is 1.78 bits per heavy atom. The molecule has 0 saturated carbocycles. The Balaban J connectivity index is 1.99. The van der Waals surface area contributed by atoms with Crippen molar-refractivity contribution in [3.05, 3.63) is 59.7 Å². The van der Waals surface area contributed by atoms with E-state index in [-0.39, 0.29) is 18.2 Å². The first-order valence-corrected chi connectivity index (χ1v) is 7.85. The molecule has 0 saturated heterocycles. The lowest BCUT2D eigenvalue weighted by Crippen LogP contribution is -2.31. The highest BCUT2D eigenvalue weighted by Crippen LogP contribution is 2.20. The summed E-state index contributed by atoms with van der Waals surface area (Å²) in [6, 6.07) is 15.2. The van der Waals surface area contributed by atoms with E-state index in [2.05, 4.69) is 10.6 Å². The quantitative estimate of drug-likeness (QED) is 0.843. The van der Waals surface area contributed by atoms with Gasteiger partial charge >= 0.3 is 6.03 Å². The molecule has 0 aliphatic carbocycles. The lowest BCUT2D eigenvalue weighted by Gasteiger charge is -2.17.